The van der Waals surface area contributed by atoms with Gasteiger partial charge in [0.15, 0.2) is 0 Å². The number of likely N-dealkylation sites (N-methyl/N-ethyl adjacent to an activating group) is 1. The topological polar surface area (TPSA) is 18.5 Å². The minimum atomic E-state index is 0.838. The third-order valence-corrected chi connectivity index (χ3v) is 4.78. The fourth-order valence-corrected chi connectivity index (χ4v) is 3.37. The van der Waals surface area contributed by atoms with Crippen LogP contribution in [0.2, 0.25) is 0 Å². The molecule has 2 heterocycles. The van der Waals surface area contributed by atoms with Crippen LogP contribution in [0.4, 0.5) is 0 Å². The van der Waals surface area contributed by atoms with Gasteiger partial charge in [0, 0.05) is 25.2 Å². The fourth-order valence-electron chi connectivity index (χ4n) is 3.37. The number of likely N-dealkylation sites (tertiary alicyclic amines) is 2. The van der Waals surface area contributed by atoms with E-state index in [1.165, 1.54) is 64.8 Å². The van der Waals surface area contributed by atoms with Crippen LogP contribution >= 0.6 is 0 Å². The molecule has 98 valence electrons. The number of nitrogens with zero attached hydrogens (tertiary/aromatic N) is 2. The molecule has 2 atom stereocenters. The average Bonchev–Trinajstić information content (AvgIpc) is 2.92. The molecule has 3 rings (SSSR count). The third-order valence-electron chi connectivity index (χ3n) is 4.78. The van der Waals surface area contributed by atoms with Crippen molar-refractivity contribution < 1.29 is 0 Å². The highest BCUT2D eigenvalue weighted by Gasteiger charge is 2.29. The van der Waals surface area contributed by atoms with Crippen molar-refractivity contribution in [2.75, 3.05) is 39.8 Å². The van der Waals surface area contributed by atoms with Crippen LogP contribution in [0.25, 0.3) is 0 Å². The molecular formula is C14H27N3. The molecule has 2 saturated heterocycles. The van der Waals surface area contributed by atoms with Crippen LogP contribution in [0.15, 0.2) is 0 Å². The van der Waals surface area contributed by atoms with Gasteiger partial charge in [0.1, 0.15) is 0 Å². The standard InChI is InChI=1S/C14H27N3/c1-16-7-2-3-14(16)11-17-8-6-12(10-17)9-15-13-4-5-13/h12-15H,2-11H2,1H3. The molecule has 0 aromatic carbocycles. The lowest BCUT2D eigenvalue weighted by atomic mass is 10.1. The van der Waals surface area contributed by atoms with Gasteiger partial charge in [0.2, 0.25) is 0 Å². The monoisotopic (exact) mass is 237 g/mol. The summed E-state index contributed by atoms with van der Waals surface area (Å²) in [5.74, 6) is 0.919. The number of hydrogen-bond donors (Lipinski definition) is 1. The quantitative estimate of drug-likeness (QED) is 0.774. The van der Waals surface area contributed by atoms with Gasteiger partial charge in [-0.05, 0) is 64.7 Å². The summed E-state index contributed by atoms with van der Waals surface area (Å²) in [5.41, 5.74) is 0. The van der Waals surface area contributed by atoms with E-state index in [-0.39, 0.29) is 0 Å². The van der Waals surface area contributed by atoms with Gasteiger partial charge in [0.05, 0.1) is 0 Å². The van der Waals surface area contributed by atoms with Gasteiger partial charge in [-0.25, -0.2) is 0 Å². The highest BCUT2D eigenvalue weighted by molar-refractivity contribution is 4.87. The van der Waals surface area contributed by atoms with E-state index in [2.05, 4.69) is 22.2 Å². The van der Waals surface area contributed by atoms with Gasteiger partial charge in [0.25, 0.3) is 0 Å². The van der Waals surface area contributed by atoms with Crippen LogP contribution in [-0.2, 0) is 0 Å². The summed E-state index contributed by atoms with van der Waals surface area (Å²) in [7, 11) is 2.29. The summed E-state index contributed by atoms with van der Waals surface area (Å²) in [4.78, 5) is 5.25. The van der Waals surface area contributed by atoms with Crippen molar-refractivity contribution in [2.45, 2.75) is 44.2 Å². The van der Waals surface area contributed by atoms with Crippen LogP contribution in [0.3, 0.4) is 0 Å². The van der Waals surface area contributed by atoms with Crippen molar-refractivity contribution in [3.63, 3.8) is 0 Å². The lowest BCUT2D eigenvalue weighted by molar-refractivity contribution is 0.215. The van der Waals surface area contributed by atoms with Crippen molar-refractivity contribution in [3.8, 4) is 0 Å². The van der Waals surface area contributed by atoms with E-state index in [0.29, 0.717) is 0 Å². The molecule has 0 amide bonds. The molecule has 0 bridgehead atoms. The van der Waals surface area contributed by atoms with Crippen LogP contribution in [0.5, 0.6) is 0 Å². The largest absolute Gasteiger partial charge is 0.314 e. The van der Waals surface area contributed by atoms with Crippen LogP contribution in [0.1, 0.15) is 32.1 Å². The lowest BCUT2D eigenvalue weighted by Crippen LogP contribution is -2.38. The molecule has 0 aromatic rings. The summed E-state index contributed by atoms with van der Waals surface area (Å²) >= 11 is 0. The van der Waals surface area contributed by atoms with Gasteiger partial charge >= 0.3 is 0 Å². The van der Waals surface area contributed by atoms with Crippen molar-refractivity contribution in [2.24, 2.45) is 5.92 Å². The Kier molecular flexibility index (Phi) is 3.69. The first kappa shape index (κ1) is 11.9. The minimum Gasteiger partial charge on any atom is -0.314 e. The highest BCUT2D eigenvalue weighted by atomic mass is 15.2. The summed E-state index contributed by atoms with van der Waals surface area (Å²) in [6.45, 7) is 6.56. The van der Waals surface area contributed by atoms with Gasteiger partial charge in [-0.15, -0.1) is 0 Å². The second-order valence-electron chi connectivity index (χ2n) is 6.37. The van der Waals surface area contributed by atoms with Gasteiger partial charge in [-0.3, -0.25) is 0 Å². The molecule has 3 aliphatic rings. The van der Waals surface area contributed by atoms with Gasteiger partial charge < -0.3 is 15.1 Å². The smallest absolute Gasteiger partial charge is 0.0220 e. The van der Waals surface area contributed by atoms with Crippen LogP contribution in [-0.4, -0.2) is 61.7 Å². The van der Waals surface area contributed by atoms with E-state index in [0.717, 1.165) is 18.0 Å². The van der Waals surface area contributed by atoms with Crippen molar-refractivity contribution in [1.82, 2.24) is 15.1 Å². The summed E-state index contributed by atoms with van der Waals surface area (Å²) in [5, 5.41) is 3.68. The van der Waals surface area contributed by atoms with E-state index in [4.69, 9.17) is 0 Å². The molecule has 17 heavy (non-hydrogen) atoms. The predicted octanol–water partition coefficient (Wildman–Crippen LogP) is 1.15. The zero-order chi connectivity index (χ0) is 11.7. The fraction of sp³-hybridized carbons (Fsp3) is 1.00. The number of nitrogens with one attached hydrogen (secondary N) is 1. The summed E-state index contributed by atoms with van der Waals surface area (Å²) < 4.78 is 0. The van der Waals surface area contributed by atoms with Crippen molar-refractivity contribution >= 4 is 0 Å². The molecule has 3 fully saturated rings. The second kappa shape index (κ2) is 5.25. The number of hydrogen-bond acceptors (Lipinski definition) is 3. The van der Waals surface area contributed by atoms with E-state index in [1.54, 1.807) is 0 Å². The Morgan fingerprint density at radius 2 is 2.00 bits per heavy atom. The van der Waals surface area contributed by atoms with Crippen molar-refractivity contribution in [3.05, 3.63) is 0 Å². The summed E-state index contributed by atoms with van der Waals surface area (Å²) in [6, 6.07) is 1.72. The molecule has 0 radical (unpaired) electrons. The maximum atomic E-state index is 3.68. The average molecular weight is 237 g/mol. The van der Waals surface area contributed by atoms with E-state index < -0.39 is 0 Å². The predicted molar refractivity (Wildman–Crippen MR) is 71.2 cm³/mol. The Hall–Kier alpha value is -0.120. The molecular weight excluding hydrogens is 210 g/mol. The normalized spacial score (nSPS) is 35.8. The van der Waals surface area contributed by atoms with Gasteiger partial charge in [-0.1, -0.05) is 0 Å². The lowest BCUT2D eigenvalue weighted by Gasteiger charge is -2.25. The maximum Gasteiger partial charge on any atom is 0.0220 e. The molecule has 1 saturated carbocycles. The molecule has 1 aliphatic carbocycles. The number of rotatable bonds is 5. The van der Waals surface area contributed by atoms with Crippen molar-refractivity contribution in [1.29, 1.82) is 0 Å². The van der Waals surface area contributed by atoms with E-state index in [9.17, 15) is 0 Å². The SMILES string of the molecule is CN1CCCC1CN1CCC(CNC2CC2)C1. The van der Waals surface area contributed by atoms with E-state index in [1.807, 2.05) is 0 Å². The first-order valence-electron chi connectivity index (χ1n) is 7.47. The minimum absolute atomic E-state index is 0.838. The third kappa shape index (κ3) is 3.21. The Balaban J connectivity index is 1.37. The van der Waals surface area contributed by atoms with E-state index >= 15 is 0 Å². The second-order valence-corrected chi connectivity index (χ2v) is 6.37. The Morgan fingerprint density at radius 3 is 2.71 bits per heavy atom. The first-order chi connectivity index (χ1) is 8.31. The molecule has 3 heteroatoms. The zero-order valence-electron chi connectivity index (χ0n) is 11.2. The summed E-state index contributed by atoms with van der Waals surface area (Å²) in [6.07, 6.45) is 7.07. The first-order valence-corrected chi connectivity index (χ1v) is 7.47. The molecule has 2 unspecified atom stereocenters. The maximum absolute atomic E-state index is 3.68. The molecule has 0 aromatic heterocycles. The molecule has 1 N–H and O–H groups in total. The molecule has 0 spiro atoms. The molecule has 2 aliphatic heterocycles. The van der Waals surface area contributed by atoms with Crippen LogP contribution < -0.4 is 5.32 Å². The Labute approximate surface area is 106 Å². The zero-order valence-corrected chi connectivity index (χ0v) is 11.2. The molecule has 3 nitrogen and oxygen atoms in total. The highest BCUT2D eigenvalue weighted by Crippen LogP contribution is 2.23. The Morgan fingerprint density at radius 1 is 1.12 bits per heavy atom. The van der Waals surface area contributed by atoms with Gasteiger partial charge in [-0.2, -0.15) is 0 Å². The Bertz CT molecular complexity index is 252. The van der Waals surface area contributed by atoms with Crippen LogP contribution in [0, 0.1) is 5.92 Å².